The van der Waals surface area contributed by atoms with Crippen molar-refractivity contribution in [1.29, 1.82) is 0 Å². The lowest BCUT2D eigenvalue weighted by atomic mass is 10.0. The van der Waals surface area contributed by atoms with Crippen LogP contribution in [-0.4, -0.2) is 37.2 Å². The summed E-state index contributed by atoms with van der Waals surface area (Å²) in [6.45, 7) is 9.06. The summed E-state index contributed by atoms with van der Waals surface area (Å²) in [4.78, 5) is 38.1. The van der Waals surface area contributed by atoms with Gasteiger partial charge in [0.15, 0.2) is 6.10 Å². The molecule has 0 aliphatic rings. The number of carbonyl (C=O) groups excluding carboxylic acids is 3. The lowest BCUT2D eigenvalue weighted by Gasteiger charge is -2.18. The first-order chi connectivity index (χ1) is 31.4. The van der Waals surface area contributed by atoms with Gasteiger partial charge in [0.2, 0.25) is 0 Å². The molecule has 0 aromatic heterocycles. The largest absolute Gasteiger partial charge is 0.462 e. The summed E-state index contributed by atoms with van der Waals surface area (Å²) in [7, 11) is 0. The second kappa shape index (κ2) is 52.4. The predicted molar refractivity (Wildman–Crippen MR) is 275 cm³/mol. The lowest BCUT2D eigenvalue weighted by molar-refractivity contribution is -0.167. The smallest absolute Gasteiger partial charge is 0.306 e. The van der Waals surface area contributed by atoms with E-state index in [0.717, 1.165) is 63.7 Å². The third kappa shape index (κ3) is 51.4. The number of rotatable bonds is 53. The van der Waals surface area contributed by atoms with Crippen LogP contribution in [0, 0.1) is 5.92 Å². The van der Waals surface area contributed by atoms with Crippen molar-refractivity contribution in [3.05, 3.63) is 0 Å². The van der Waals surface area contributed by atoms with Crippen molar-refractivity contribution in [2.75, 3.05) is 13.2 Å². The van der Waals surface area contributed by atoms with Crippen LogP contribution in [0.4, 0.5) is 0 Å². The average molecular weight is 906 g/mol. The van der Waals surface area contributed by atoms with Crippen LogP contribution in [0.25, 0.3) is 0 Å². The van der Waals surface area contributed by atoms with Crippen molar-refractivity contribution in [2.24, 2.45) is 5.92 Å². The standard InChI is InChI=1S/C58H112O6/c1-5-7-9-11-13-15-17-19-21-22-23-25-29-33-37-41-45-49-56(59)62-52-55(64-58(61)51-47-43-39-35-31-24-20-18-16-14-12-10-8-6-2)53-63-57(60)50-46-42-38-34-30-27-26-28-32-36-40-44-48-54(3)4/h54-55H,5-53H2,1-4H3/t55-/m0/s1. The van der Waals surface area contributed by atoms with Crippen molar-refractivity contribution >= 4 is 17.9 Å². The van der Waals surface area contributed by atoms with E-state index in [-0.39, 0.29) is 31.1 Å². The lowest BCUT2D eigenvalue weighted by Crippen LogP contribution is -2.30. The summed E-state index contributed by atoms with van der Waals surface area (Å²) in [5.41, 5.74) is 0. The van der Waals surface area contributed by atoms with Crippen LogP contribution < -0.4 is 0 Å². The number of ether oxygens (including phenoxy) is 3. The van der Waals surface area contributed by atoms with Crippen LogP contribution in [-0.2, 0) is 28.6 Å². The molecule has 0 aliphatic heterocycles. The van der Waals surface area contributed by atoms with E-state index in [1.165, 1.54) is 225 Å². The third-order valence-corrected chi connectivity index (χ3v) is 13.3. The summed E-state index contributed by atoms with van der Waals surface area (Å²) in [6.07, 6.45) is 56.6. The van der Waals surface area contributed by atoms with Gasteiger partial charge >= 0.3 is 17.9 Å². The summed E-state index contributed by atoms with van der Waals surface area (Å²) in [5, 5.41) is 0. The van der Waals surface area contributed by atoms with Gasteiger partial charge in [0.1, 0.15) is 13.2 Å². The zero-order valence-electron chi connectivity index (χ0n) is 43.8. The van der Waals surface area contributed by atoms with Crippen molar-refractivity contribution in [3.8, 4) is 0 Å². The Labute approximate surface area is 399 Å². The van der Waals surface area contributed by atoms with Gasteiger partial charge in [-0.2, -0.15) is 0 Å². The molecule has 0 spiro atoms. The first-order valence-electron chi connectivity index (χ1n) is 28.9. The molecule has 0 saturated carbocycles. The highest BCUT2D eigenvalue weighted by Gasteiger charge is 2.19. The molecule has 0 aromatic carbocycles. The molecule has 0 unspecified atom stereocenters. The second-order valence-electron chi connectivity index (χ2n) is 20.4. The molecule has 6 heteroatoms. The van der Waals surface area contributed by atoms with Gasteiger partial charge in [0.25, 0.3) is 0 Å². The first-order valence-corrected chi connectivity index (χ1v) is 28.9. The number of esters is 3. The summed E-state index contributed by atoms with van der Waals surface area (Å²) >= 11 is 0. The minimum absolute atomic E-state index is 0.0618. The number of unbranched alkanes of at least 4 members (excludes halogenated alkanes) is 40. The predicted octanol–water partition coefficient (Wildman–Crippen LogP) is 19.0. The van der Waals surface area contributed by atoms with E-state index in [1.54, 1.807) is 0 Å². The maximum absolute atomic E-state index is 12.8. The van der Waals surface area contributed by atoms with E-state index in [1.807, 2.05) is 0 Å². The van der Waals surface area contributed by atoms with Gasteiger partial charge < -0.3 is 14.2 Å². The Morgan fingerprint density at radius 2 is 0.516 bits per heavy atom. The monoisotopic (exact) mass is 905 g/mol. The second-order valence-corrected chi connectivity index (χ2v) is 20.4. The Morgan fingerprint density at radius 3 is 0.766 bits per heavy atom. The molecule has 64 heavy (non-hydrogen) atoms. The fourth-order valence-corrected chi connectivity index (χ4v) is 8.92. The molecule has 1 atom stereocenters. The van der Waals surface area contributed by atoms with Crippen LogP contribution in [0.15, 0.2) is 0 Å². The topological polar surface area (TPSA) is 78.9 Å². The molecule has 6 nitrogen and oxygen atoms in total. The van der Waals surface area contributed by atoms with E-state index in [2.05, 4.69) is 27.7 Å². The van der Waals surface area contributed by atoms with Crippen LogP contribution in [0.5, 0.6) is 0 Å². The highest BCUT2D eigenvalue weighted by molar-refractivity contribution is 5.71. The van der Waals surface area contributed by atoms with Crippen LogP contribution in [0.2, 0.25) is 0 Å². The quantitative estimate of drug-likeness (QED) is 0.0344. The number of hydrogen-bond acceptors (Lipinski definition) is 6. The van der Waals surface area contributed by atoms with Crippen LogP contribution in [0.1, 0.15) is 329 Å². The Balaban J connectivity index is 4.29. The Kier molecular flexibility index (Phi) is 51.1. The summed E-state index contributed by atoms with van der Waals surface area (Å²) < 4.78 is 16.9. The average Bonchev–Trinajstić information content (AvgIpc) is 3.28. The van der Waals surface area contributed by atoms with Crippen molar-refractivity contribution in [2.45, 2.75) is 336 Å². The molecule has 0 fully saturated rings. The highest BCUT2D eigenvalue weighted by Crippen LogP contribution is 2.18. The molecule has 0 aromatic rings. The fraction of sp³-hybridized carbons (Fsp3) is 0.948. The summed E-state index contributed by atoms with van der Waals surface area (Å²) in [6, 6.07) is 0. The van der Waals surface area contributed by atoms with E-state index < -0.39 is 6.10 Å². The van der Waals surface area contributed by atoms with Gasteiger partial charge in [0.05, 0.1) is 0 Å². The Morgan fingerprint density at radius 1 is 0.297 bits per heavy atom. The van der Waals surface area contributed by atoms with E-state index in [0.29, 0.717) is 19.3 Å². The van der Waals surface area contributed by atoms with E-state index in [9.17, 15) is 14.4 Å². The third-order valence-electron chi connectivity index (χ3n) is 13.3. The van der Waals surface area contributed by atoms with Crippen molar-refractivity contribution in [3.63, 3.8) is 0 Å². The van der Waals surface area contributed by atoms with Crippen molar-refractivity contribution < 1.29 is 28.6 Å². The van der Waals surface area contributed by atoms with Gasteiger partial charge in [-0.15, -0.1) is 0 Å². The fourth-order valence-electron chi connectivity index (χ4n) is 8.92. The van der Waals surface area contributed by atoms with E-state index >= 15 is 0 Å². The zero-order chi connectivity index (χ0) is 46.7. The van der Waals surface area contributed by atoms with Gasteiger partial charge in [-0.05, 0) is 25.2 Å². The SMILES string of the molecule is CCCCCCCCCCCCCCCCCCCC(=O)OC[C@@H](COC(=O)CCCCCCCCCCCCCCC(C)C)OC(=O)CCCCCCCCCCCCCCCC. The molecule has 0 N–H and O–H groups in total. The van der Waals surface area contributed by atoms with Gasteiger partial charge in [0, 0.05) is 19.3 Å². The van der Waals surface area contributed by atoms with E-state index in [4.69, 9.17) is 14.2 Å². The minimum atomic E-state index is -0.761. The van der Waals surface area contributed by atoms with Gasteiger partial charge in [-0.25, -0.2) is 0 Å². The van der Waals surface area contributed by atoms with Crippen LogP contribution in [0.3, 0.4) is 0 Å². The maximum atomic E-state index is 12.8. The first kappa shape index (κ1) is 62.4. The molecule has 0 radical (unpaired) electrons. The molecule has 0 aliphatic carbocycles. The van der Waals surface area contributed by atoms with Crippen LogP contribution >= 0.6 is 0 Å². The zero-order valence-corrected chi connectivity index (χ0v) is 43.8. The van der Waals surface area contributed by atoms with Gasteiger partial charge in [-0.1, -0.05) is 291 Å². The normalized spacial score (nSPS) is 12.0. The molecule has 0 saturated heterocycles. The minimum Gasteiger partial charge on any atom is -0.462 e. The van der Waals surface area contributed by atoms with Crippen molar-refractivity contribution in [1.82, 2.24) is 0 Å². The molecular weight excluding hydrogens is 793 g/mol. The molecule has 0 rings (SSSR count). The Bertz CT molecular complexity index is 964. The molecule has 0 heterocycles. The molecule has 380 valence electrons. The van der Waals surface area contributed by atoms with Gasteiger partial charge in [-0.3, -0.25) is 14.4 Å². The molecule has 0 bridgehead atoms. The Hall–Kier alpha value is -1.59. The molecular formula is C58H112O6. The summed E-state index contributed by atoms with van der Waals surface area (Å²) in [5.74, 6) is -0.00144. The highest BCUT2D eigenvalue weighted by atomic mass is 16.6. The number of hydrogen-bond donors (Lipinski definition) is 0. The maximum Gasteiger partial charge on any atom is 0.306 e. The molecule has 0 amide bonds. The number of carbonyl (C=O) groups is 3.